The number of nitrogens with zero attached hydrogens (tertiary/aromatic N) is 3. The first-order chi connectivity index (χ1) is 13.8. The van der Waals surface area contributed by atoms with Gasteiger partial charge >= 0.3 is 0 Å². The van der Waals surface area contributed by atoms with E-state index >= 15 is 0 Å². The van der Waals surface area contributed by atoms with Crippen molar-refractivity contribution in [1.29, 1.82) is 0 Å². The van der Waals surface area contributed by atoms with Crippen molar-refractivity contribution in [3.05, 3.63) is 94.0 Å². The molecule has 1 aromatic heterocycles. The molecule has 0 saturated carbocycles. The molecule has 0 amide bonds. The Morgan fingerprint density at radius 3 is 2.43 bits per heavy atom. The molecular formula is C22H19BrN4O. The van der Waals surface area contributed by atoms with Gasteiger partial charge in [-0.1, -0.05) is 70.5 Å². The standard InChI is InChI=1S/C22H19BrN4O/c23-20-12-13-21(28-15-17-4-2-1-3-5-17)19(14-20)11-8-16-6-9-18(10-7-16)22-24-26-27-25-22/h1-7,9-10,12-14H,8,11,15H2,(H,24,25,26,27). The first kappa shape index (κ1) is 18.4. The molecule has 0 unspecified atom stereocenters. The summed E-state index contributed by atoms with van der Waals surface area (Å²) in [7, 11) is 0. The molecule has 28 heavy (non-hydrogen) atoms. The van der Waals surface area contributed by atoms with Crippen molar-refractivity contribution in [2.24, 2.45) is 0 Å². The SMILES string of the molecule is Brc1ccc(OCc2ccccc2)c(CCc2ccc(-c3nnn[nH]3)cc2)c1. The first-order valence-corrected chi connectivity index (χ1v) is 9.85. The van der Waals surface area contributed by atoms with E-state index in [-0.39, 0.29) is 0 Å². The van der Waals surface area contributed by atoms with Gasteiger partial charge in [0, 0.05) is 10.0 Å². The molecule has 4 rings (SSSR count). The van der Waals surface area contributed by atoms with Crippen LogP contribution < -0.4 is 4.74 Å². The third-order valence-electron chi connectivity index (χ3n) is 4.52. The number of halogens is 1. The number of rotatable bonds is 7. The van der Waals surface area contributed by atoms with E-state index < -0.39 is 0 Å². The second-order valence-electron chi connectivity index (χ2n) is 6.47. The lowest BCUT2D eigenvalue weighted by Crippen LogP contribution is -2.00. The Labute approximate surface area is 171 Å². The van der Waals surface area contributed by atoms with Crippen LogP contribution in [0.25, 0.3) is 11.4 Å². The first-order valence-electron chi connectivity index (χ1n) is 9.06. The molecular weight excluding hydrogens is 416 g/mol. The lowest BCUT2D eigenvalue weighted by Gasteiger charge is -2.12. The van der Waals surface area contributed by atoms with Crippen molar-refractivity contribution in [3.63, 3.8) is 0 Å². The number of nitrogens with one attached hydrogen (secondary N) is 1. The fourth-order valence-corrected chi connectivity index (χ4v) is 3.42. The summed E-state index contributed by atoms with van der Waals surface area (Å²) in [5.41, 5.74) is 4.58. The highest BCUT2D eigenvalue weighted by Crippen LogP contribution is 2.26. The lowest BCUT2D eigenvalue weighted by atomic mass is 10.0. The summed E-state index contributed by atoms with van der Waals surface area (Å²) >= 11 is 3.57. The van der Waals surface area contributed by atoms with Gasteiger partial charge in [-0.2, -0.15) is 0 Å². The number of hydrogen-bond donors (Lipinski definition) is 1. The minimum absolute atomic E-state index is 0.565. The quantitative estimate of drug-likeness (QED) is 0.444. The minimum Gasteiger partial charge on any atom is -0.489 e. The van der Waals surface area contributed by atoms with Crippen molar-refractivity contribution in [3.8, 4) is 17.1 Å². The van der Waals surface area contributed by atoms with Crippen LogP contribution in [0.5, 0.6) is 5.75 Å². The summed E-state index contributed by atoms with van der Waals surface area (Å²) in [5, 5.41) is 13.9. The highest BCUT2D eigenvalue weighted by molar-refractivity contribution is 9.10. The van der Waals surface area contributed by atoms with Gasteiger partial charge in [0.25, 0.3) is 0 Å². The second kappa shape index (κ2) is 8.80. The Hall–Kier alpha value is -2.99. The Morgan fingerprint density at radius 1 is 0.857 bits per heavy atom. The van der Waals surface area contributed by atoms with Crippen LogP contribution in [0.1, 0.15) is 16.7 Å². The molecule has 0 saturated heterocycles. The summed E-state index contributed by atoms with van der Waals surface area (Å²) in [6, 6.07) is 24.7. The van der Waals surface area contributed by atoms with Crippen LogP contribution >= 0.6 is 15.9 Å². The molecule has 4 aromatic rings. The number of aryl methyl sites for hydroxylation is 2. The third kappa shape index (κ3) is 4.64. The van der Waals surface area contributed by atoms with Gasteiger partial charge in [-0.15, -0.1) is 5.10 Å². The molecule has 1 heterocycles. The van der Waals surface area contributed by atoms with E-state index in [0.717, 1.165) is 34.2 Å². The molecule has 0 fully saturated rings. The van der Waals surface area contributed by atoms with Gasteiger partial charge < -0.3 is 4.74 Å². The third-order valence-corrected chi connectivity index (χ3v) is 5.01. The Balaban J connectivity index is 1.43. The minimum atomic E-state index is 0.565. The van der Waals surface area contributed by atoms with E-state index in [1.807, 2.05) is 42.5 Å². The van der Waals surface area contributed by atoms with E-state index in [1.54, 1.807) is 0 Å². The fraction of sp³-hybridized carbons (Fsp3) is 0.136. The van der Waals surface area contributed by atoms with Gasteiger partial charge in [0.05, 0.1) is 0 Å². The maximum Gasteiger partial charge on any atom is 0.179 e. The number of H-pyrrole nitrogens is 1. The predicted molar refractivity (Wildman–Crippen MR) is 112 cm³/mol. The maximum absolute atomic E-state index is 6.09. The van der Waals surface area contributed by atoms with Gasteiger partial charge in [-0.25, -0.2) is 5.10 Å². The predicted octanol–water partition coefficient (Wildman–Crippen LogP) is 4.99. The zero-order chi connectivity index (χ0) is 19.2. The van der Waals surface area contributed by atoms with Crippen LogP contribution in [0.4, 0.5) is 0 Å². The fourth-order valence-electron chi connectivity index (χ4n) is 3.01. The monoisotopic (exact) mass is 434 g/mol. The van der Waals surface area contributed by atoms with Gasteiger partial charge in [-0.3, -0.25) is 0 Å². The molecule has 0 aliphatic heterocycles. The Kier molecular flexibility index (Phi) is 5.77. The maximum atomic E-state index is 6.09. The summed E-state index contributed by atoms with van der Waals surface area (Å²) < 4.78 is 7.15. The molecule has 0 atom stereocenters. The number of ether oxygens (including phenoxy) is 1. The summed E-state index contributed by atoms with van der Waals surface area (Å²) in [6.07, 6.45) is 1.82. The summed E-state index contributed by atoms with van der Waals surface area (Å²) in [4.78, 5) is 0. The van der Waals surface area contributed by atoms with Crippen molar-refractivity contribution in [2.45, 2.75) is 19.4 Å². The van der Waals surface area contributed by atoms with Crippen molar-refractivity contribution >= 4 is 15.9 Å². The molecule has 0 spiro atoms. The van der Waals surface area contributed by atoms with E-state index in [4.69, 9.17) is 4.74 Å². The molecule has 0 aliphatic carbocycles. The van der Waals surface area contributed by atoms with Gasteiger partial charge in [0.15, 0.2) is 5.82 Å². The molecule has 0 radical (unpaired) electrons. The zero-order valence-electron chi connectivity index (χ0n) is 15.2. The van der Waals surface area contributed by atoms with Crippen LogP contribution in [0.15, 0.2) is 77.3 Å². The van der Waals surface area contributed by atoms with Gasteiger partial charge in [-0.05, 0) is 58.2 Å². The van der Waals surface area contributed by atoms with Crippen LogP contribution in [0.2, 0.25) is 0 Å². The molecule has 0 bridgehead atoms. The van der Waals surface area contributed by atoms with Crippen LogP contribution in [-0.4, -0.2) is 20.6 Å². The smallest absolute Gasteiger partial charge is 0.179 e. The second-order valence-corrected chi connectivity index (χ2v) is 7.39. The molecule has 1 N–H and O–H groups in total. The van der Waals surface area contributed by atoms with E-state index in [9.17, 15) is 0 Å². The number of aromatic nitrogens is 4. The molecule has 140 valence electrons. The van der Waals surface area contributed by atoms with Crippen LogP contribution in [0.3, 0.4) is 0 Å². The Morgan fingerprint density at radius 2 is 1.68 bits per heavy atom. The van der Waals surface area contributed by atoms with Crippen LogP contribution in [0, 0.1) is 0 Å². The van der Waals surface area contributed by atoms with E-state index in [1.165, 1.54) is 11.1 Å². The highest BCUT2D eigenvalue weighted by atomic mass is 79.9. The summed E-state index contributed by atoms with van der Waals surface area (Å²) in [5.74, 6) is 1.60. The molecule has 6 heteroatoms. The Bertz CT molecular complexity index is 1020. The van der Waals surface area contributed by atoms with Crippen molar-refractivity contribution < 1.29 is 4.74 Å². The number of hydrogen-bond acceptors (Lipinski definition) is 4. The lowest BCUT2D eigenvalue weighted by molar-refractivity contribution is 0.303. The van der Waals surface area contributed by atoms with Gasteiger partial charge in [0.2, 0.25) is 0 Å². The molecule has 0 aliphatic rings. The normalized spacial score (nSPS) is 10.8. The van der Waals surface area contributed by atoms with Crippen LogP contribution in [-0.2, 0) is 19.4 Å². The topological polar surface area (TPSA) is 63.7 Å². The highest BCUT2D eigenvalue weighted by Gasteiger charge is 2.07. The van der Waals surface area contributed by atoms with E-state index in [2.05, 4.69) is 66.9 Å². The molecule has 5 nitrogen and oxygen atoms in total. The van der Waals surface area contributed by atoms with Crippen molar-refractivity contribution in [1.82, 2.24) is 20.6 Å². The number of benzene rings is 3. The average Bonchev–Trinajstić information content (AvgIpc) is 3.27. The van der Waals surface area contributed by atoms with Crippen molar-refractivity contribution in [2.75, 3.05) is 0 Å². The largest absolute Gasteiger partial charge is 0.489 e. The van der Waals surface area contributed by atoms with Gasteiger partial charge in [0.1, 0.15) is 12.4 Å². The number of tetrazole rings is 1. The molecule has 3 aromatic carbocycles. The average molecular weight is 435 g/mol. The summed E-state index contributed by atoms with van der Waals surface area (Å²) in [6.45, 7) is 0.565. The number of aromatic amines is 1. The van der Waals surface area contributed by atoms with E-state index in [0.29, 0.717) is 12.4 Å². The zero-order valence-corrected chi connectivity index (χ0v) is 16.8.